The fraction of sp³-hybridized carbons (Fsp3) is 1.00. The molecule has 2 saturated heterocycles. The van der Waals surface area contributed by atoms with Gasteiger partial charge < -0.3 is 5.11 Å². The summed E-state index contributed by atoms with van der Waals surface area (Å²) in [6.07, 6.45) is 4.62. The molecule has 0 radical (unpaired) electrons. The third-order valence-corrected chi connectivity index (χ3v) is 4.36. The molecule has 2 rings (SSSR count). The zero-order valence-electron chi connectivity index (χ0n) is 11.7. The monoisotopic (exact) mass is 240 g/mol. The number of likely N-dealkylation sites (tertiary alicyclic amines) is 2. The van der Waals surface area contributed by atoms with Crippen LogP contribution in [-0.2, 0) is 0 Å². The van der Waals surface area contributed by atoms with E-state index in [1.54, 1.807) is 0 Å². The second kappa shape index (κ2) is 5.25. The van der Waals surface area contributed by atoms with Crippen molar-refractivity contribution in [3.8, 4) is 0 Å². The first-order valence-electron chi connectivity index (χ1n) is 7.14. The maximum Gasteiger partial charge on any atom is 0.0667 e. The van der Waals surface area contributed by atoms with Gasteiger partial charge in [-0.2, -0.15) is 0 Å². The Kier molecular flexibility index (Phi) is 4.11. The van der Waals surface area contributed by atoms with E-state index in [-0.39, 0.29) is 6.10 Å². The number of β-amino-alcohol motifs (C(OH)–C–C–N with tert-alkyl or cyclic N) is 1. The molecule has 2 fully saturated rings. The first-order valence-corrected chi connectivity index (χ1v) is 7.14. The van der Waals surface area contributed by atoms with Crippen LogP contribution in [0.3, 0.4) is 0 Å². The van der Waals surface area contributed by atoms with E-state index in [9.17, 15) is 5.11 Å². The highest BCUT2D eigenvalue weighted by molar-refractivity contribution is 4.87. The van der Waals surface area contributed by atoms with E-state index in [4.69, 9.17) is 0 Å². The van der Waals surface area contributed by atoms with Gasteiger partial charge in [0.15, 0.2) is 0 Å². The molecule has 0 spiro atoms. The summed E-state index contributed by atoms with van der Waals surface area (Å²) < 4.78 is 0. The van der Waals surface area contributed by atoms with Crippen molar-refractivity contribution in [3.05, 3.63) is 0 Å². The molecule has 0 aromatic carbocycles. The molecule has 1 unspecified atom stereocenters. The fourth-order valence-electron chi connectivity index (χ4n) is 3.22. The summed E-state index contributed by atoms with van der Waals surface area (Å²) in [6.45, 7) is 11.4. The van der Waals surface area contributed by atoms with Gasteiger partial charge in [-0.1, -0.05) is 0 Å². The van der Waals surface area contributed by atoms with Crippen molar-refractivity contribution in [2.24, 2.45) is 0 Å². The number of nitrogens with zero attached hydrogens (tertiary/aromatic N) is 2. The van der Waals surface area contributed by atoms with Gasteiger partial charge in [0, 0.05) is 31.2 Å². The van der Waals surface area contributed by atoms with Gasteiger partial charge in [0.1, 0.15) is 0 Å². The Labute approximate surface area is 106 Å². The maximum atomic E-state index is 9.74. The van der Waals surface area contributed by atoms with Crippen molar-refractivity contribution in [1.82, 2.24) is 9.80 Å². The SMILES string of the molecule is CC(C)(C)N1CCC(N2CCCC(O)C2)CC1. The quantitative estimate of drug-likeness (QED) is 0.756. The van der Waals surface area contributed by atoms with Gasteiger partial charge >= 0.3 is 0 Å². The smallest absolute Gasteiger partial charge is 0.0667 e. The summed E-state index contributed by atoms with van der Waals surface area (Å²) in [6, 6.07) is 0.712. The van der Waals surface area contributed by atoms with Crippen LogP contribution in [0.2, 0.25) is 0 Å². The Morgan fingerprint density at radius 2 is 1.65 bits per heavy atom. The molecule has 0 aliphatic carbocycles. The van der Waals surface area contributed by atoms with E-state index in [1.165, 1.54) is 38.9 Å². The van der Waals surface area contributed by atoms with E-state index in [2.05, 4.69) is 30.6 Å². The van der Waals surface area contributed by atoms with E-state index < -0.39 is 0 Å². The van der Waals surface area contributed by atoms with Gasteiger partial charge in [-0.3, -0.25) is 9.80 Å². The summed E-state index contributed by atoms with van der Waals surface area (Å²) in [5.41, 5.74) is 0.312. The normalized spacial score (nSPS) is 30.7. The highest BCUT2D eigenvalue weighted by Gasteiger charge is 2.31. The summed E-state index contributed by atoms with van der Waals surface area (Å²) in [4.78, 5) is 5.11. The minimum absolute atomic E-state index is 0.0793. The van der Waals surface area contributed by atoms with Gasteiger partial charge in [0.05, 0.1) is 6.10 Å². The third-order valence-electron chi connectivity index (χ3n) is 4.36. The van der Waals surface area contributed by atoms with Gasteiger partial charge in [-0.25, -0.2) is 0 Å². The molecular formula is C14H28N2O. The number of aliphatic hydroxyl groups is 1. The van der Waals surface area contributed by atoms with Crippen molar-refractivity contribution in [1.29, 1.82) is 0 Å². The van der Waals surface area contributed by atoms with E-state index in [1.807, 2.05) is 0 Å². The van der Waals surface area contributed by atoms with Gasteiger partial charge in [-0.05, 0) is 53.0 Å². The van der Waals surface area contributed by atoms with E-state index in [0.29, 0.717) is 11.6 Å². The van der Waals surface area contributed by atoms with Gasteiger partial charge in [0.25, 0.3) is 0 Å². The van der Waals surface area contributed by atoms with Crippen LogP contribution in [0.4, 0.5) is 0 Å². The molecule has 100 valence electrons. The molecule has 0 bridgehead atoms. The topological polar surface area (TPSA) is 26.7 Å². The predicted molar refractivity (Wildman–Crippen MR) is 71.2 cm³/mol. The third kappa shape index (κ3) is 3.43. The lowest BCUT2D eigenvalue weighted by atomic mass is 9.95. The minimum atomic E-state index is -0.0793. The number of hydrogen-bond donors (Lipinski definition) is 1. The Bertz CT molecular complexity index is 241. The van der Waals surface area contributed by atoms with Crippen molar-refractivity contribution in [2.75, 3.05) is 26.2 Å². The Hall–Kier alpha value is -0.120. The fourth-order valence-corrected chi connectivity index (χ4v) is 3.22. The Morgan fingerprint density at radius 3 is 2.18 bits per heavy atom. The lowest BCUT2D eigenvalue weighted by molar-refractivity contribution is 0.0103. The molecule has 0 aromatic rings. The summed E-state index contributed by atoms with van der Waals surface area (Å²) in [7, 11) is 0. The van der Waals surface area contributed by atoms with Crippen LogP contribution in [-0.4, -0.2) is 58.8 Å². The van der Waals surface area contributed by atoms with Crippen LogP contribution in [0.1, 0.15) is 46.5 Å². The molecule has 0 saturated carbocycles. The molecule has 2 aliphatic heterocycles. The molecule has 0 amide bonds. The predicted octanol–water partition coefficient (Wildman–Crippen LogP) is 1.71. The summed E-state index contributed by atoms with van der Waals surface area (Å²) in [5, 5.41) is 9.74. The molecule has 3 nitrogen and oxygen atoms in total. The molecule has 2 aliphatic rings. The number of rotatable bonds is 1. The molecule has 1 N–H and O–H groups in total. The molecule has 3 heteroatoms. The van der Waals surface area contributed by atoms with Gasteiger partial charge in [-0.15, -0.1) is 0 Å². The molecule has 17 heavy (non-hydrogen) atoms. The van der Waals surface area contributed by atoms with Crippen molar-refractivity contribution < 1.29 is 5.11 Å². The van der Waals surface area contributed by atoms with Crippen molar-refractivity contribution >= 4 is 0 Å². The van der Waals surface area contributed by atoms with Crippen molar-refractivity contribution in [3.63, 3.8) is 0 Å². The number of aliphatic hydroxyl groups excluding tert-OH is 1. The summed E-state index contributed by atoms with van der Waals surface area (Å²) >= 11 is 0. The lowest BCUT2D eigenvalue weighted by Gasteiger charge is -2.45. The average Bonchev–Trinajstić information content (AvgIpc) is 2.28. The second-order valence-corrected chi connectivity index (χ2v) is 6.68. The van der Waals surface area contributed by atoms with Crippen LogP contribution in [0.25, 0.3) is 0 Å². The molecule has 0 aromatic heterocycles. The lowest BCUT2D eigenvalue weighted by Crippen LogP contribution is -2.53. The van der Waals surface area contributed by atoms with Crippen LogP contribution >= 0.6 is 0 Å². The Balaban J connectivity index is 1.82. The van der Waals surface area contributed by atoms with Crippen LogP contribution in [0.5, 0.6) is 0 Å². The largest absolute Gasteiger partial charge is 0.392 e. The number of hydrogen-bond acceptors (Lipinski definition) is 3. The molecular weight excluding hydrogens is 212 g/mol. The van der Waals surface area contributed by atoms with E-state index in [0.717, 1.165) is 13.0 Å². The van der Waals surface area contributed by atoms with E-state index >= 15 is 0 Å². The molecule has 2 heterocycles. The van der Waals surface area contributed by atoms with Crippen LogP contribution in [0.15, 0.2) is 0 Å². The highest BCUT2D eigenvalue weighted by atomic mass is 16.3. The average molecular weight is 240 g/mol. The van der Waals surface area contributed by atoms with Crippen LogP contribution in [0, 0.1) is 0 Å². The summed E-state index contributed by atoms with van der Waals surface area (Å²) in [5.74, 6) is 0. The first kappa shape index (κ1) is 13.3. The molecule has 1 atom stereocenters. The zero-order chi connectivity index (χ0) is 12.5. The highest BCUT2D eigenvalue weighted by Crippen LogP contribution is 2.25. The van der Waals surface area contributed by atoms with Crippen molar-refractivity contribution in [2.45, 2.75) is 64.1 Å². The van der Waals surface area contributed by atoms with Crippen LogP contribution < -0.4 is 0 Å². The zero-order valence-corrected chi connectivity index (χ0v) is 11.7. The standard InChI is InChI=1S/C14H28N2O/c1-14(2,3)16-9-6-12(7-10-16)15-8-4-5-13(17)11-15/h12-13,17H,4-11H2,1-3H3. The second-order valence-electron chi connectivity index (χ2n) is 6.68. The number of piperidine rings is 2. The first-order chi connectivity index (χ1) is 7.97. The Morgan fingerprint density at radius 1 is 1.00 bits per heavy atom. The van der Waals surface area contributed by atoms with Gasteiger partial charge in [0.2, 0.25) is 0 Å². The maximum absolute atomic E-state index is 9.74. The minimum Gasteiger partial charge on any atom is -0.392 e.